The second kappa shape index (κ2) is 9.50. The molecule has 3 nitrogen and oxygen atoms in total. The molecule has 1 saturated carbocycles. The number of allylic oxidation sites excluding steroid dienone is 4. The van der Waals surface area contributed by atoms with Crippen molar-refractivity contribution in [1.82, 2.24) is 0 Å². The molecular weight excluding hydrogens is 404 g/mol. The predicted molar refractivity (Wildman–Crippen MR) is 137 cm³/mol. The maximum Gasteiger partial charge on any atom is 0.114 e. The van der Waals surface area contributed by atoms with Gasteiger partial charge in [-0.25, -0.2) is 0 Å². The summed E-state index contributed by atoms with van der Waals surface area (Å²) in [7, 11) is 1.81. The number of fused-ring (bicyclic) bond motifs is 10. The van der Waals surface area contributed by atoms with Crippen molar-refractivity contribution in [2.75, 3.05) is 7.11 Å². The maximum atomic E-state index is 7.30. The predicted octanol–water partition coefficient (Wildman–Crippen LogP) is 5.11. The van der Waals surface area contributed by atoms with Crippen molar-refractivity contribution in [3.63, 3.8) is 0 Å². The Hall–Kier alpha value is -2.33. The number of methoxy groups -OCH3 is 1. The summed E-state index contributed by atoms with van der Waals surface area (Å²) in [4.78, 5) is 5.26. The van der Waals surface area contributed by atoms with Crippen LogP contribution < -0.4 is 5.73 Å². The highest BCUT2D eigenvalue weighted by Crippen LogP contribution is 2.58. The van der Waals surface area contributed by atoms with E-state index in [-0.39, 0.29) is 35.8 Å². The first-order valence-electron chi connectivity index (χ1n) is 12.7. The molecule has 0 amide bonds. The van der Waals surface area contributed by atoms with Gasteiger partial charge >= 0.3 is 0 Å². The molecule has 9 unspecified atom stereocenters. The molecule has 0 aromatic carbocycles. The Bertz CT molecular complexity index is 1040. The number of ether oxygens (including phenoxy) is 1. The van der Waals surface area contributed by atoms with E-state index in [0.717, 1.165) is 30.5 Å². The maximum absolute atomic E-state index is 7.30. The fourth-order valence-electron chi connectivity index (χ4n) is 6.79. The molecule has 0 aromatic heterocycles. The molecule has 1 aliphatic heterocycles. The fraction of sp³-hybridized carbons (Fsp3) is 0.567. The van der Waals surface area contributed by atoms with Crippen LogP contribution in [0.4, 0.5) is 0 Å². The normalized spacial score (nSPS) is 40.9. The molecule has 1 heterocycles. The van der Waals surface area contributed by atoms with Crippen molar-refractivity contribution in [2.24, 2.45) is 46.2 Å². The van der Waals surface area contributed by atoms with Crippen molar-refractivity contribution in [1.29, 1.82) is 0 Å². The van der Waals surface area contributed by atoms with Gasteiger partial charge in [-0.05, 0) is 48.0 Å². The Labute approximate surface area is 200 Å². The zero-order valence-corrected chi connectivity index (χ0v) is 20.8. The molecule has 0 saturated heterocycles. The minimum Gasteiger partial charge on any atom is -0.380 e. The third kappa shape index (κ3) is 3.67. The van der Waals surface area contributed by atoms with Crippen LogP contribution in [-0.4, -0.2) is 30.5 Å². The van der Waals surface area contributed by atoms with Gasteiger partial charge in [-0.3, -0.25) is 4.99 Å². The van der Waals surface area contributed by atoms with E-state index in [9.17, 15) is 0 Å². The van der Waals surface area contributed by atoms with E-state index in [1.54, 1.807) is 0 Å². The molecule has 4 bridgehead atoms. The molecule has 5 rings (SSSR count). The van der Waals surface area contributed by atoms with Gasteiger partial charge in [-0.2, -0.15) is 0 Å². The third-order valence-electron chi connectivity index (χ3n) is 8.18. The lowest BCUT2D eigenvalue weighted by Gasteiger charge is -2.50. The van der Waals surface area contributed by atoms with E-state index in [2.05, 4.69) is 62.3 Å². The van der Waals surface area contributed by atoms with Gasteiger partial charge in [0.15, 0.2) is 0 Å². The van der Waals surface area contributed by atoms with Crippen LogP contribution in [0.3, 0.4) is 0 Å². The Morgan fingerprint density at radius 1 is 1.24 bits per heavy atom. The van der Waals surface area contributed by atoms with Gasteiger partial charge in [0.2, 0.25) is 0 Å². The Morgan fingerprint density at radius 3 is 2.67 bits per heavy atom. The van der Waals surface area contributed by atoms with E-state index in [0.29, 0.717) is 11.8 Å². The van der Waals surface area contributed by atoms with Crippen LogP contribution in [0.5, 0.6) is 0 Å². The van der Waals surface area contributed by atoms with Crippen molar-refractivity contribution in [2.45, 2.75) is 64.6 Å². The largest absolute Gasteiger partial charge is 0.380 e. The van der Waals surface area contributed by atoms with Crippen LogP contribution in [0.1, 0.15) is 47.0 Å². The first-order valence-corrected chi connectivity index (χ1v) is 12.7. The second-order valence-electron chi connectivity index (χ2n) is 9.78. The molecule has 3 heteroatoms. The van der Waals surface area contributed by atoms with Crippen LogP contribution >= 0.6 is 0 Å². The molecule has 0 spiro atoms. The lowest BCUT2D eigenvalue weighted by Crippen LogP contribution is -2.62. The van der Waals surface area contributed by atoms with Crippen molar-refractivity contribution in [3.05, 3.63) is 48.1 Å². The SMILES string of the molecule is C=C1C=C2C(=NC3C#C/C=C\C#CC(C(CCC)OC)C2C3C)C2(N)C3C=CC(C3)C12.CC. The molecule has 33 heavy (non-hydrogen) atoms. The summed E-state index contributed by atoms with van der Waals surface area (Å²) < 4.78 is 6.01. The highest BCUT2D eigenvalue weighted by Gasteiger charge is 2.61. The Morgan fingerprint density at radius 2 is 1.97 bits per heavy atom. The zero-order valence-electron chi connectivity index (χ0n) is 20.8. The first kappa shape index (κ1) is 23.8. The average Bonchev–Trinajstić information content (AvgIpc) is 3.40. The third-order valence-corrected chi connectivity index (χ3v) is 8.18. The lowest BCUT2D eigenvalue weighted by molar-refractivity contribution is 0.0391. The van der Waals surface area contributed by atoms with Gasteiger partial charge in [-0.15, -0.1) is 0 Å². The summed E-state index contributed by atoms with van der Waals surface area (Å²) in [6, 6.07) is -0.0844. The monoisotopic (exact) mass is 442 g/mol. The highest BCUT2D eigenvalue weighted by molar-refractivity contribution is 6.11. The standard InChI is InChI=1S/C28H32N2O.C2H6/c1-5-10-24(31-4)21-11-8-6-7-9-12-23-18(3)25(21)22-15-17(2)26-19-13-14-20(16-19)28(26,29)27(22)30-23;1-2/h6-7,13-15,18-21,23-26H,2,5,10,16,29H2,1,3-4H3;1-2H3/b7-6-;. The molecule has 0 aromatic rings. The number of nitrogens with zero attached hydrogens (tertiary/aromatic N) is 1. The van der Waals surface area contributed by atoms with E-state index in [1.165, 1.54) is 5.57 Å². The van der Waals surface area contributed by atoms with Crippen molar-refractivity contribution >= 4 is 5.71 Å². The van der Waals surface area contributed by atoms with Gasteiger partial charge in [0.05, 0.1) is 23.3 Å². The van der Waals surface area contributed by atoms with Gasteiger partial charge < -0.3 is 10.5 Å². The molecule has 9 atom stereocenters. The Balaban J connectivity index is 0.00000126. The second-order valence-corrected chi connectivity index (χ2v) is 9.78. The van der Waals surface area contributed by atoms with Crippen LogP contribution in [0.25, 0.3) is 0 Å². The number of hydrogen-bond acceptors (Lipinski definition) is 3. The van der Waals surface area contributed by atoms with Crippen LogP contribution in [-0.2, 0) is 4.74 Å². The number of aliphatic imine (C=N–C) groups is 1. The summed E-state index contributed by atoms with van der Waals surface area (Å²) in [5.74, 6) is 14.9. The van der Waals surface area contributed by atoms with Crippen LogP contribution in [0.15, 0.2) is 53.1 Å². The summed E-state index contributed by atoms with van der Waals surface area (Å²) >= 11 is 0. The van der Waals surface area contributed by atoms with Crippen LogP contribution in [0, 0.1) is 59.2 Å². The molecule has 1 fully saturated rings. The molecular formula is C30H38N2O. The molecule has 4 aliphatic carbocycles. The van der Waals surface area contributed by atoms with E-state index < -0.39 is 5.54 Å². The van der Waals surface area contributed by atoms with E-state index in [4.69, 9.17) is 15.5 Å². The fourth-order valence-corrected chi connectivity index (χ4v) is 6.79. The molecule has 2 N–H and O–H groups in total. The first-order chi connectivity index (χ1) is 16.0. The summed E-state index contributed by atoms with van der Waals surface area (Å²) in [6.07, 6.45) is 13.8. The van der Waals surface area contributed by atoms with E-state index >= 15 is 0 Å². The summed E-state index contributed by atoms with van der Waals surface area (Å²) in [6.45, 7) is 13.0. The number of nitrogens with two attached hydrogens (primary N) is 1. The average molecular weight is 443 g/mol. The highest BCUT2D eigenvalue weighted by atomic mass is 16.5. The summed E-state index contributed by atoms with van der Waals surface area (Å²) in [5.41, 5.74) is 10.3. The molecule has 174 valence electrons. The van der Waals surface area contributed by atoms with Crippen molar-refractivity contribution in [3.8, 4) is 23.7 Å². The van der Waals surface area contributed by atoms with Gasteiger partial charge in [-0.1, -0.05) is 82.6 Å². The van der Waals surface area contributed by atoms with E-state index in [1.807, 2.05) is 33.1 Å². The number of hydrogen-bond donors (Lipinski definition) is 1. The molecule has 5 aliphatic rings. The minimum absolute atomic E-state index is 0.0610. The smallest absolute Gasteiger partial charge is 0.114 e. The minimum atomic E-state index is -0.482. The molecule has 0 radical (unpaired) electrons. The lowest BCUT2D eigenvalue weighted by atomic mass is 9.58. The number of rotatable bonds is 4. The van der Waals surface area contributed by atoms with Gasteiger partial charge in [0.1, 0.15) is 6.04 Å². The topological polar surface area (TPSA) is 47.6 Å². The Kier molecular flexibility index (Phi) is 6.86. The van der Waals surface area contributed by atoms with Gasteiger partial charge in [0, 0.05) is 24.9 Å². The van der Waals surface area contributed by atoms with Gasteiger partial charge in [0.25, 0.3) is 0 Å². The zero-order chi connectivity index (χ0) is 23.8. The van der Waals surface area contributed by atoms with Crippen molar-refractivity contribution < 1.29 is 4.74 Å². The van der Waals surface area contributed by atoms with Crippen LogP contribution in [0.2, 0.25) is 0 Å². The summed E-state index contributed by atoms with van der Waals surface area (Å²) in [5, 5.41) is 0. The quantitative estimate of drug-likeness (QED) is 0.486.